The zero-order valence-corrected chi connectivity index (χ0v) is 15.5. The first-order chi connectivity index (χ1) is 12.1. The molecule has 0 aromatic heterocycles. The van der Waals surface area contributed by atoms with Gasteiger partial charge in [0.1, 0.15) is 11.4 Å². The highest BCUT2D eigenvalue weighted by Crippen LogP contribution is 2.41. The first-order valence-electron chi connectivity index (χ1n) is 9.84. The van der Waals surface area contributed by atoms with E-state index in [0.717, 1.165) is 56.6 Å². The van der Waals surface area contributed by atoms with Crippen LogP contribution in [0, 0.1) is 5.92 Å². The van der Waals surface area contributed by atoms with E-state index in [-0.39, 0.29) is 5.60 Å². The molecule has 4 rings (SSSR count). The highest BCUT2D eigenvalue weighted by atomic mass is 16.5. The Labute approximate surface area is 151 Å². The minimum atomic E-state index is -0.176. The summed E-state index contributed by atoms with van der Waals surface area (Å²) in [5.74, 6) is 1.53. The lowest BCUT2D eigenvalue weighted by Gasteiger charge is -2.46. The second kappa shape index (κ2) is 6.64. The number of aryl methyl sites for hydroxylation is 1. The molecular weight excluding hydrogens is 312 g/mol. The number of hydrogen-bond acceptors (Lipinski definition) is 3. The van der Waals surface area contributed by atoms with E-state index in [2.05, 4.69) is 36.9 Å². The Morgan fingerprint density at radius 1 is 1.24 bits per heavy atom. The number of ether oxygens (including phenoxy) is 1. The van der Waals surface area contributed by atoms with Crippen LogP contribution in [-0.2, 0) is 11.2 Å². The number of anilines is 1. The second-order valence-electron chi connectivity index (χ2n) is 8.55. The summed E-state index contributed by atoms with van der Waals surface area (Å²) in [6, 6.07) is 6.62. The van der Waals surface area contributed by atoms with Gasteiger partial charge in [-0.05, 0) is 76.5 Å². The Hall–Kier alpha value is -1.55. The lowest BCUT2D eigenvalue weighted by atomic mass is 9.84. The molecule has 3 unspecified atom stereocenters. The second-order valence-corrected chi connectivity index (χ2v) is 8.55. The van der Waals surface area contributed by atoms with Gasteiger partial charge in [-0.1, -0.05) is 12.1 Å². The van der Waals surface area contributed by atoms with Gasteiger partial charge in [0.05, 0.1) is 5.69 Å². The number of nitrogens with zero attached hydrogens (tertiary/aromatic N) is 2. The number of benzene rings is 1. The van der Waals surface area contributed by atoms with Crippen LogP contribution in [0.4, 0.5) is 5.69 Å². The Bertz CT molecular complexity index is 643. The molecule has 2 fully saturated rings. The SMILES string of the molecule is CC1(C)CCCc2cccc(N(C=O)C3CCN4CCCC3C4)c2O1. The van der Waals surface area contributed by atoms with Crippen LogP contribution in [0.1, 0.15) is 51.5 Å². The molecule has 3 heterocycles. The van der Waals surface area contributed by atoms with Gasteiger partial charge in [-0.25, -0.2) is 0 Å². The van der Waals surface area contributed by atoms with Crippen molar-refractivity contribution in [2.75, 3.05) is 24.5 Å². The maximum Gasteiger partial charge on any atom is 0.214 e. The van der Waals surface area contributed by atoms with E-state index in [4.69, 9.17) is 4.74 Å². The number of para-hydroxylation sites is 1. The van der Waals surface area contributed by atoms with E-state index in [1.165, 1.54) is 24.9 Å². The fourth-order valence-electron chi connectivity index (χ4n) is 4.96. The fraction of sp³-hybridized carbons (Fsp3) is 0.667. The molecule has 3 aliphatic heterocycles. The highest BCUT2D eigenvalue weighted by molar-refractivity contribution is 5.81. The molecule has 136 valence electrons. The third-order valence-electron chi connectivity index (χ3n) is 6.26. The molecule has 2 bridgehead atoms. The summed E-state index contributed by atoms with van der Waals surface area (Å²) in [5, 5.41) is 0. The van der Waals surface area contributed by atoms with Crippen LogP contribution in [0.15, 0.2) is 18.2 Å². The van der Waals surface area contributed by atoms with E-state index < -0.39 is 0 Å². The number of fused-ring (bicyclic) bond motifs is 3. The Balaban J connectivity index is 1.69. The molecule has 0 radical (unpaired) electrons. The van der Waals surface area contributed by atoms with E-state index >= 15 is 0 Å². The Morgan fingerprint density at radius 2 is 2.12 bits per heavy atom. The number of hydrogen-bond donors (Lipinski definition) is 0. The Kier molecular flexibility index (Phi) is 4.48. The zero-order valence-electron chi connectivity index (χ0n) is 15.5. The summed E-state index contributed by atoms with van der Waals surface area (Å²) in [4.78, 5) is 16.7. The maximum atomic E-state index is 12.2. The average molecular weight is 342 g/mol. The van der Waals surface area contributed by atoms with Crippen LogP contribution in [0.3, 0.4) is 0 Å². The van der Waals surface area contributed by atoms with Crippen LogP contribution in [0.5, 0.6) is 5.75 Å². The van der Waals surface area contributed by atoms with Gasteiger partial charge in [0.15, 0.2) is 0 Å². The molecular formula is C21H30N2O2. The maximum absolute atomic E-state index is 12.2. The summed E-state index contributed by atoms with van der Waals surface area (Å²) in [5.41, 5.74) is 2.05. The van der Waals surface area contributed by atoms with Crippen LogP contribution < -0.4 is 9.64 Å². The highest BCUT2D eigenvalue weighted by Gasteiger charge is 2.37. The van der Waals surface area contributed by atoms with Gasteiger partial charge in [-0.2, -0.15) is 0 Å². The quantitative estimate of drug-likeness (QED) is 0.787. The first-order valence-corrected chi connectivity index (χ1v) is 9.84. The van der Waals surface area contributed by atoms with Crippen molar-refractivity contribution in [1.29, 1.82) is 0 Å². The van der Waals surface area contributed by atoms with Crippen LogP contribution in [0.25, 0.3) is 0 Å². The van der Waals surface area contributed by atoms with Crippen LogP contribution in [0.2, 0.25) is 0 Å². The van der Waals surface area contributed by atoms with Gasteiger partial charge in [-0.3, -0.25) is 4.79 Å². The molecule has 0 N–H and O–H groups in total. The molecule has 3 aliphatic rings. The molecule has 25 heavy (non-hydrogen) atoms. The average Bonchev–Trinajstić information content (AvgIpc) is 2.75. The molecule has 1 aromatic carbocycles. The van der Waals surface area contributed by atoms with Crippen molar-refractivity contribution in [3.8, 4) is 5.75 Å². The van der Waals surface area contributed by atoms with Gasteiger partial charge < -0.3 is 14.5 Å². The summed E-state index contributed by atoms with van der Waals surface area (Å²) < 4.78 is 6.44. The molecule has 0 spiro atoms. The van der Waals surface area contributed by atoms with E-state index in [9.17, 15) is 4.79 Å². The minimum absolute atomic E-state index is 0.176. The summed E-state index contributed by atoms with van der Waals surface area (Å²) in [7, 11) is 0. The van der Waals surface area contributed by atoms with Crippen LogP contribution in [-0.4, -0.2) is 42.6 Å². The van der Waals surface area contributed by atoms with Crippen molar-refractivity contribution in [1.82, 2.24) is 4.90 Å². The summed E-state index contributed by atoms with van der Waals surface area (Å²) in [6.07, 6.45) is 7.80. The van der Waals surface area contributed by atoms with Gasteiger partial charge in [0.2, 0.25) is 6.41 Å². The van der Waals surface area contributed by atoms with Gasteiger partial charge >= 0.3 is 0 Å². The van der Waals surface area contributed by atoms with Crippen molar-refractivity contribution in [2.45, 2.75) is 64.0 Å². The van der Waals surface area contributed by atoms with Crippen molar-refractivity contribution in [2.24, 2.45) is 5.92 Å². The van der Waals surface area contributed by atoms with E-state index in [1.807, 2.05) is 4.90 Å². The molecule has 4 nitrogen and oxygen atoms in total. The third kappa shape index (κ3) is 3.29. The van der Waals surface area contributed by atoms with E-state index in [0.29, 0.717) is 12.0 Å². The van der Waals surface area contributed by atoms with E-state index in [1.54, 1.807) is 0 Å². The predicted molar refractivity (Wildman–Crippen MR) is 100 cm³/mol. The molecule has 3 atom stereocenters. The van der Waals surface area contributed by atoms with Gasteiger partial charge in [0, 0.05) is 19.1 Å². The Morgan fingerprint density at radius 3 is 2.96 bits per heavy atom. The number of piperidine rings is 2. The lowest BCUT2D eigenvalue weighted by molar-refractivity contribution is -0.108. The largest absolute Gasteiger partial charge is 0.485 e. The zero-order chi connectivity index (χ0) is 17.4. The van der Waals surface area contributed by atoms with Crippen molar-refractivity contribution >= 4 is 12.1 Å². The fourth-order valence-corrected chi connectivity index (χ4v) is 4.96. The lowest BCUT2D eigenvalue weighted by Crippen LogP contribution is -2.53. The topological polar surface area (TPSA) is 32.8 Å². The van der Waals surface area contributed by atoms with Crippen molar-refractivity contribution in [3.05, 3.63) is 23.8 Å². The minimum Gasteiger partial charge on any atom is -0.485 e. The predicted octanol–water partition coefficient (Wildman–Crippen LogP) is 3.63. The monoisotopic (exact) mass is 342 g/mol. The molecule has 0 aliphatic carbocycles. The number of rotatable bonds is 3. The number of carbonyl (C=O) groups excluding carboxylic acids is 1. The third-order valence-corrected chi connectivity index (χ3v) is 6.26. The summed E-state index contributed by atoms with van der Waals surface area (Å²) in [6.45, 7) is 7.78. The molecule has 0 saturated carbocycles. The first kappa shape index (κ1) is 16.9. The van der Waals surface area contributed by atoms with Crippen LogP contribution >= 0.6 is 0 Å². The molecule has 1 aromatic rings. The van der Waals surface area contributed by atoms with Crippen molar-refractivity contribution in [3.63, 3.8) is 0 Å². The smallest absolute Gasteiger partial charge is 0.214 e. The summed E-state index contributed by atoms with van der Waals surface area (Å²) >= 11 is 0. The van der Waals surface area contributed by atoms with Crippen molar-refractivity contribution < 1.29 is 9.53 Å². The molecule has 1 amide bonds. The number of amides is 1. The number of carbonyl (C=O) groups is 1. The molecule has 4 heteroatoms. The van der Waals surface area contributed by atoms with Gasteiger partial charge in [0.25, 0.3) is 0 Å². The normalized spacial score (nSPS) is 30.6. The standard InChI is InChI=1S/C21H30N2O2/c1-21(2)11-4-7-16-6-3-9-19(20(16)25-21)23(15-24)18-10-13-22-12-5-8-17(18)14-22/h3,6,9,15,17-18H,4-5,7-8,10-14H2,1-2H3. The van der Waals surface area contributed by atoms with Gasteiger partial charge in [-0.15, -0.1) is 0 Å². The molecule has 2 saturated heterocycles.